The highest BCUT2D eigenvalue weighted by atomic mass is 127. The Bertz CT molecular complexity index is 678. The lowest BCUT2D eigenvalue weighted by Crippen LogP contribution is -2.23. The van der Waals surface area contributed by atoms with E-state index in [1.807, 2.05) is 18.2 Å². The summed E-state index contributed by atoms with van der Waals surface area (Å²) in [6, 6.07) is 8.88. The molecule has 2 rings (SSSR count). The number of esters is 1. The van der Waals surface area contributed by atoms with Crippen LogP contribution in [0.5, 0.6) is 0 Å². The minimum atomic E-state index is -0.452. The van der Waals surface area contributed by atoms with Gasteiger partial charge in [0.15, 0.2) is 0 Å². The topological polar surface area (TPSA) is 68.5 Å². The van der Waals surface area contributed by atoms with Crippen molar-refractivity contribution in [2.24, 2.45) is 0 Å². The second-order valence-electron chi connectivity index (χ2n) is 4.34. The molecule has 0 aliphatic heterocycles. The van der Waals surface area contributed by atoms with Crippen molar-refractivity contribution in [3.05, 3.63) is 56.5 Å². The largest absolute Gasteiger partial charge is 0.465 e. The molecule has 6 heteroatoms. The van der Waals surface area contributed by atoms with Crippen molar-refractivity contribution in [1.82, 2.24) is 5.32 Å². The molecule has 0 aliphatic carbocycles. The van der Waals surface area contributed by atoms with Gasteiger partial charge in [0.05, 0.1) is 19.2 Å². The summed E-state index contributed by atoms with van der Waals surface area (Å²) in [5.41, 5.74) is 0.977. The van der Waals surface area contributed by atoms with Crippen LogP contribution in [0, 0.1) is 10.5 Å². The molecule has 0 unspecified atom stereocenters. The maximum atomic E-state index is 12.1. The van der Waals surface area contributed by atoms with Gasteiger partial charge in [0, 0.05) is 3.57 Å². The Morgan fingerprint density at radius 1 is 1.29 bits per heavy atom. The molecule has 0 fully saturated rings. The molecule has 1 heterocycles. The van der Waals surface area contributed by atoms with Gasteiger partial charge in [-0.1, -0.05) is 12.1 Å². The van der Waals surface area contributed by atoms with E-state index >= 15 is 0 Å². The third-order valence-corrected chi connectivity index (χ3v) is 3.86. The average molecular weight is 399 g/mol. The Morgan fingerprint density at radius 2 is 2.00 bits per heavy atom. The van der Waals surface area contributed by atoms with Gasteiger partial charge in [0.1, 0.15) is 17.1 Å². The van der Waals surface area contributed by atoms with E-state index in [4.69, 9.17) is 4.42 Å². The number of aryl methyl sites for hydroxylation is 1. The molecule has 0 saturated heterocycles. The standard InChI is InChI=1S/C15H14INO4/c1-9-12(15(19)20-2)7-10(21-9)8-17-14(18)11-5-3-4-6-13(11)16/h3-7H,8H2,1-2H3,(H,17,18). The van der Waals surface area contributed by atoms with Crippen molar-refractivity contribution in [1.29, 1.82) is 0 Å². The molecule has 0 aliphatic rings. The molecule has 0 radical (unpaired) electrons. The second kappa shape index (κ2) is 6.75. The maximum Gasteiger partial charge on any atom is 0.341 e. The summed E-state index contributed by atoms with van der Waals surface area (Å²) in [6.45, 7) is 1.89. The molecule has 2 aromatic rings. The van der Waals surface area contributed by atoms with Crippen molar-refractivity contribution in [3.63, 3.8) is 0 Å². The molecular weight excluding hydrogens is 385 g/mol. The Kier molecular flexibility index (Phi) is 5.00. The number of hydrogen-bond donors (Lipinski definition) is 1. The summed E-state index contributed by atoms with van der Waals surface area (Å²) in [5, 5.41) is 2.76. The summed E-state index contributed by atoms with van der Waals surface area (Å²) in [6.07, 6.45) is 0. The highest BCUT2D eigenvalue weighted by molar-refractivity contribution is 14.1. The Morgan fingerprint density at radius 3 is 2.67 bits per heavy atom. The number of nitrogens with one attached hydrogen (secondary N) is 1. The molecule has 1 N–H and O–H groups in total. The first-order valence-electron chi connectivity index (χ1n) is 6.23. The average Bonchev–Trinajstić information content (AvgIpc) is 2.85. The fourth-order valence-corrected chi connectivity index (χ4v) is 2.48. The van der Waals surface area contributed by atoms with Crippen LogP contribution in [0.2, 0.25) is 0 Å². The zero-order chi connectivity index (χ0) is 15.4. The van der Waals surface area contributed by atoms with Crippen molar-refractivity contribution in [3.8, 4) is 0 Å². The second-order valence-corrected chi connectivity index (χ2v) is 5.50. The summed E-state index contributed by atoms with van der Waals surface area (Å²) < 4.78 is 11.0. The van der Waals surface area contributed by atoms with E-state index in [0.29, 0.717) is 22.6 Å². The van der Waals surface area contributed by atoms with Gasteiger partial charge < -0.3 is 14.5 Å². The summed E-state index contributed by atoms with van der Waals surface area (Å²) in [5.74, 6) is 0.340. The zero-order valence-corrected chi connectivity index (χ0v) is 13.8. The molecule has 1 amide bonds. The maximum absolute atomic E-state index is 12.1. The first-order valence-corrected chi connectivity index (χ1v) is 7.31. The predicted molar refractivity (Wildman–Crippen MR) is 85.1 cm³/mol. The van der Waals surface area contributed by atoms with E-state index in [1.54, 1.807) is 19.1 Å². The number of rotatable bonds is 4. The van der Waals surface area contributed by atoms with Gasteiger partial charge >= 0.3 is 5.97 Å². The fraction of sp³-hybridized carbons (Fsp3) is 0.200. The SMILES string of the molecule is COC(=O)c1cc(CNC(=O)c2ccccc2I)oc1C. The number of hydrogen-bond acceptors (Lipinski definition) is 4. The van der Waals surface area contributed by atoms with Crippen molar-refractivity contribution in [2.45, 2.75) is 13.5 Å². The van der Waals surface area contributed by atoms with Gasteiger partial charge in [-0.25, -0.2) is 4.79 Å². The zero-order valence-electron chi connectivity index (χ0n) is 11.6. The van der Waals surface area contributed by atoms with Crippen LogP contribution in [-0.4, -0.2) is 19.0 Å². The van der Waals surface area contributed by atoms with Gasteiger partial charge in [0.25, 0.3) is 5.91 Å². The van der Waals surface area contributed by atoms with Gasteiger partial charge in [-0.05, 0) is 47.7 Å². The highest BCUT2D eigenvalue weighted by Gasteiger charge is 2.16. The Hall–Kier alpha value is -1.83. The molecule has 5 nitrogen and oxygen atoms in total. The smallest absolute Gasteiger partial charge is 0.341 e. The lowest BCUT2D eigenvalue weighted by atomic mass is 10.2. The van der Waals surface area contributed by atoms with E-state index in [9.17, 15) is 9.59 Å². The van der Waals surface area contributed by atoms with E-state index in [1.165, 1.54) is 7.11 Å². The molecule has 0 atom stereocenters. The lowest BCUT2D eigenvalue weighted by Gasteiger charge is -2.05. The number of furan rings is 1. The Labute approximate surface area is 135 Å². The first kappa shape index (κ1) is 15.6. The van der Waals surface area contributed by atoms with Crippen LogP contribution >= 0.6 is 22.6 Å². The highest BCUT2D eigenvalue weighted by Crippen LogP contribution is 2.16. The van der Waals surface area contributed by atoms with Crippen LogP contribution in [-0.2, 0) is 11.3 Å². The minimum Gasteiger partial charge on any atom is -0.465 e. The molecular formula is C15H14INO4. The summed E-state index contributed by atoms with van der Waals surface area (Å²) in [4.78, 5) is 23.6. The third-order valence-electron chi connectivity index (χ3n) is 2.92. The number of ether oxygens (including phenoxy) is 1. The minimum absolute atomic E-state index is 0.186. The normalized spacial score (nSPS) is 10.2. The Balaban J connectivity index is 2.05. The van der Waals surface area contributed by atoms with Crippen LogP contribution in [0.4, 0.5) is 0 Å². The van der Waals surface area contributed by atoms with Crippen LogP contribution < -0.4 is 5.32 Å². The van der Waals surface area contributed by atoms with E-state index in [-0.39, 0.29) is 12.5 Å². The van der Waals surface area contributed by atoms with Crippen LogP contribution in [0.3, 0.4) is 0 Å². The molecule has 110 valence electrons. The van der Waals surface area contributed by atoms with Crippen molar-refractivity contribution in [2.75, 3.05) is 7.11 Å². The quantitative estimate of drug-likeness (QED) is 0.634. The summed E-state index contributed by atoms with van der Waals surface area (Å²) in [7, 11) is 1.31. The van der Waals surface area contributed by atoms with Crippen LogP contribution in [0.15, 0.2) is 34.7 Å². The molecule has 21 heavy (non-hydrogen) atoms. The first-order chi connectivity index (χ1) is 10.0. The van der Waals surface area contributed by atoms with E-state index < -0.39 is 5.97 Å². The number of carbonyl (C=O) groups excluding carboxylic acids is 2. The molecule has 0 bridgehead atoms. The number of benzene rings is 1. The van der Waals surface area contributed by atoms with Gasteiger partial charge in [0.2, 0.25) is 0 Å². The van der Waals surface area contributed by atoms with Crippen LogP contribution in [0.25, 0.3) is 0 Å². The number of carbonyl (C=O) groups is 2. The molecule has 1 aromatic carbocycles. The van der Waals surface area contributed by atoms with E-state index in [2.05, 4.69) is 32.6 Å². The fourth-order valence-electron chi connectivity index (χ4n) is 1.85. The molecule has 0 spiro atoms. The van der Waals surface area contributed by atoms with Gasteiger partial charge in [-0.3, -0.25) is 4.79 Å². The molecule has 0 saturated carbocycles. The summed E-state index contributed by atoms with van der Waals surface area (Å²) >= 11 is 2.11. The number of methoxy groups -OCH3 is 1. The monoisotopic (exact) mass is 399 g/mol. The predicted octanol–water partition coefficient (Wildman–Crippen LogP) is 2.91. The van der Waals surface area contributed by atoms with Crippen molar-refractivity contribution < 1.29 is 18.7 Å². The third kappa shape index (κ3) is 3.63. The number of halogens is 1. The van der Waals surface area contributed by atoms with Crippen molar-refractivity contribution >= 4 is 34.5 Å². The van der Waals surface area contributed by atoms with Gasteiger partial charge in [-0.15, -0.1) is 0 Å². The van der Waals surface area contributed by atoms with E-state index in [0.717, 1.165) is 3.57 Å². The van der Waals surface area contributed by atoms with Crippen LogP contribution in [0.1, 0.15) is 32.2 Å². The molecule has 1 aromatic heterocycles. The van der Waals surface area contributed by atoms with Gasteiger partial charge in [-0.2, -0.15) is 0 Å². The lowest BCUT2D eigenvalue weighted by molar-refractivity contribution is 0.0598. The number of amides is 1.